The zero-order valence-corrected chi connectivity index (χ0v) is 19.1. The smallest absolute Gasteiger partial charge is 0.329 e. The molecular weight excluding hydrogens is 430 g/mol. The lowest BCUT2D eigenvalue weighted by Crippen LogP contribution is -2.29. The second-order valence-corrected chi connectivity index (χ2v) is 9.11. The summed E-state index contributed by atoms with van der Waals surface area (Å²) in [5.74, 6) is 0. The molecule has 0 amide bonds. The first-order valence-corrected chi connectivity index (χ1v) is 11.5. The molecule has 9 heteroatoms. The summed E-state index contributed by atoms with van der Waals surface area (Å²) in [6.07, 6.45) is 8.18. The van der Waals surface area contributed by atoms with Gasteiger partial charge in [-0.3, -0.25) is 23.8 Å². The zero-order valence-electron chi connectivity index (χ0n) is 19.1. The van der Waals surface area contributed by atoms with Gasteiger partial charge in [-0.15, -0.1) is 5.10 Å². The molecule has 1 fully saturated rings. The molecule has 0 radical (unpaired) electrons. The number of imidazole rings is 1. The van der Waals surface area contributed by atoms with Crippen LogP contribution in [-0.2, 0) is 14.1 Å². The van der Waals surface area contributed by atoms with Gasteiger partial charge in [0.25, 0.3) is 0 Å². The van der Waals surface area contributed by atoms with E-state index in [-0.39, 0.29) is 17.8 Å². The molecule has 1 saturated carbocycles. The maximum absolute atomic E-state index is 13.3. The minimum absolute atomic E-state index is 0.0360. The maximum Gasteiger partial charge on any atom is 0.329 e. The van der Waals surface area contributed by atoms with Gasteiger partial charge in [-0.05, 0) is 49.4 Å². The van der Waals surface area contributed by atoms with Crippen molar-refractivity contribution < 1.29 is 5.11 Å². The van der Waals surface area contributed by atoms with Crippen LogP contribution in [0.2, 0.25) is 0 Å². The van der Waals surface area contributed by atoms with Crippen molar-refractivity contribution in [1.29, 1.82) is 0 Å². The van der Waals surface area contributed by atoms with Crippen molar-refractivity contribution in [2.75, 3.05) is 0 Å². The average Bonchev–Trinajstić information content (AvgIpc) is 3.41. The normalized spacial score (nSPS) is 18.7. The Kier molecular flexibility index (Phi) is 4.80. The number of hydrogen-bond donors (Lipinski definition) is 1. The van der Waals surface area contributed by atoms with E-state index >= 15 is 0 Å². The van der Waals surface area contributed by atoms with Gasteiger partial charge < -0.3 is 5.11 Å². The summed E-state index contributed by atoms with van der Waals surface area (Å²) < 4.78 is 5.25. The predicted octanol–water partition coefficient (Wildman–Crippen LogP) is 3.22. The highest BCUT2D eigenvalue weighted by molar-refractivity contribution is 6.04. The summed E-state index contributed by atoms with van der Waals surface area (Å²) in [4.78, 5) is 22.5. The number of rotatable bonds is 3. The van der Waals surface area contributed by atoms with Crippen LogP contribution >= 0.6 is 0 Å². The van der Waals surface area contributed by atoms with E-state index in [0.29, 0.717) is 12.8 Å². The largest absolute Gasteiger partial charge is 0.393 e. The lowest BCUT2D eigenvalue weighted by Gasteiger charge is -2.26. The third kappa shape index (κ3) is 3.31. The number of pyridine rings is 2. The first-order valence-electron chi connectivity index (χ1n) is 11.5. The van der Waals surface area contributed by atoms with Gasteiger partial charge in [-0.1, -0.05) is 17.3 Å². The van der Waals surface area contributed by atoms with Crippen molar-refractivity contribution in [2.45, 2.75) is 37.8 Å². The molecule has 34 heavy (non-hydrogen) atoms. The summed E-state index contributed by atoms with van der Waals surface area (Å²) in [7, 11) is 3.62. The van der Waals surface area contributed by atoms with E-state index in [2.05, 4.69) is 26.3 Å². The second kappa shape index (κ2) is 7.88. The molecule has 9 nitrogen and oxygen atoms in total. The molecule has 0 atom stereocenters. The van der Waals surface area contributed by atoms with E-state index in [1.807, 2.05) is 48.3 Å². The lowest BCUT2D eigenvalue weighted by molar-refractivity contribution is 0.111. The monoisotopic (exact) mass is 455 g/mol. The van der Waals surface area contributed by atoms with Crippen LogP contribution in [-0.4, -0.2) is 45.3 Å². The maximum atomic E-state index is 13.3. The van der Waals surface area contributed by atoms with E-state index in [4.69, 9.17) is 0 Å². The van der Waals surface area contributed by atoms with Gasteiger partial charge in [-0.2, -0.15) is 0 Å². The van der Waals surface area contributed by atoms with Gasteiger partial charge in [0, 0.05) is 37.3 Å². The van der Waals surface area contributed by atoms with Crippen molar-refractivity contribution in [3.63, 3.8) is 0 Å². The average molecular weight is 456 g/mol. The summed E-state index contributed by atoms with van der Waals surface area (Å²) >= 11 is 0. The van der Waals surface area contributed by atoms with E-state index in [9.17, 15) is 9.90 Å². The highest BCUT2D eigenvalue weighted by atomic mass is 16.3. The van der Waals surface area contributed by atoms with Gasteiger partial charge in [0.15, 0.2) is 0 Å². The SMILES string of the molecule is Cn1cc(-c2ccc(-c3ccc4ncc5c(c4c3)n([C@H]3CC[C@H](O)CC3)c(=O)n5C)cn2)nn1. The molecule has 172 valence electrons. The van der Waals surface area contributed by atoms with Crippen molar-refractivity contribution in [2.24, 2.45) is 14.1 Å². The number of aliphatic hydroxyl groups is 1. The van der Waals surface area contributed by atoms with Gasteiger partial charge in [0.05, 0.1) is 40.7 Å². The third-order valence-electron chi connectivity index (χ3n) is 6.91. The number of nitrogens with zero attached hydrogens (tertiary/aromatic N) is 7. The Morgan fingerprint density at radius 2 is 1.74 bits per heavy atom. The zero-order chi connectivity index (χ0) is 23.4. The Bertz CT molecular complexity index is 1570. The fraction of sp³-hybridized carbons (Fsp3) is 0.320. The first kappa shape index (κ1) is 20.7. The molecule has 1 aromatic carbocycles. The van der Waals surface area contributed by atoms with Crippen molar-refractivity contribution >= 4 is 21.9 Å². The predicted molar refractivity (Wildman–Crippen MR) is 129 cm³/mol. The molecule has 1 N–H and O–H groups in total. The van der Waals surface area contributed by atoms with Crippen LogP contribution in [0.4, 0.5) is 0 Å². The van der Waals surface area contributed by atoms with Crippen LogP contribution in [0.3, 0.4) is 0 Å². The molecule has 0 spiro atoms. The Hall–Kier alpha value is -3.85. The number of hydrogen-bond acceptors (Lipinski definition) is 6. The van der Waals surface area contributed by atoms with Crippen LogP contribution in [0, 0.1) is 0 Å². The van der Waals surface area contributed by atoms with Crippen molar-refractivity contribution in [3.8, 4) is 22.5 Å². The van der Waals surface area contributed by atoms with Crippen molar-refractivity contribution in [1.82, 2.24) is 34.1 Å². The van der Waals surface area contributed by atoms with Crippen LogP contribution < -0.4 is 5.69 Å². The molecule has 0 saturated heterocycles. The van der Waals surface area contributed by atoms with E-state index in [1.54, 1.807) is 22.5 Å². The summed E-state index contributed by atoms with van der Waals surface area (Å²) in [6, 6.07) is 10.1. The number of aliphatic hydroxyl groups excluding tert-OH is 1. The number of aryl methyl sites for hydroxylation is 2. The Morgan fingerprint density at radius 3 is 2.44 bits per heavy atom. The Balaban J connectivity index is 1.48. The van der Waals surface area contributed by atoms with Gasteiger partial charge >= 0.3 is 5.69 Å². The molecule has 0 aliphatic heterocycles. The minimum atomic E-state index is -0.274. The molecule has 4 aromatic heterocycles. The van der Waals surface area contributed by atoms with E-state index in [0.717, 1.165) is 57.3 Å². The van der Waals surface area contributed by atoms with E-state index in [1.165, 1.54) is 0 Å². The molecule has 0 unspecified atom stereocenters. The Labute approximate surface area is 195 Å². The summed E-state index contributed by atoms with van der Waals surface area (Å²) in [5.41, 5.74) is 5.99. The van der Waals surface area contributed by atoms with E-state index < -0.39 is 0 Å². The summed E-state index contributed by atoms with van der Waals surface area (Å²) in [5, 5.41) is 19.0. The second-order valence-electron chi connectivity index (χ2n) is 9.11. The molecule has 5 aromatic rings. The van der Waals surface area contributed by atoms with Crippen LogP contribution in [0.5, 0.6) is 0 Å². The molecular formula is C25H25N7O2. The first-order chi connectivity index (χ1) is 16.5. The standard InChI is InChI=1S/C25H25N7O2/c1-30-14-22(28-29-30)21-10-4-16(12-26-21)15-3-9-20-19(11-15)24-23(13-27-20)31(2)25(34)32(24)17-5-7-18(33)8-6-17/h3-4,9-14,17-18,33H,5-8H2,1-2H3/t17-,18-. The van der Waals surface area contributed by atoms with Gasteiger partial charge in [-0.25, -0.2) is 4.79 Å². The molecule has 1 aliphatic carbocycles. The number of fused-ring (bicyclic) bond motifs is 3. The Morgan fingerprint density at radius 1 is 0.941 bits per heavy atom. The minimum Gasteiger partial charge on any atom is -0.393 e. The fourth-order valence-corrected chi connectivity index (χ4v) is 5.04. The van der Waals surface area contributed by atoms with Gasteiger partial charge in [0.1, 0.15) is 5.69 Å². The molecule has 1 aliphatic rings. The number of benzene rings is 1. The quantitative estimate of drug-likeness (QED) is 0.448. The van der Waals surface area contributed by atoms with Crippen LogP contribution in [0.15, 0.2) is 53.7 Å². The lowest BCUT2D eigenvalue weighted by atomic mass is 9.92. The molecule has 0 bridgehead atoms. The van der Waals surface area contributed by atoms with Gasteiger partial charge in [0.2, 0.25) is 0 Å². The summed E-state index contributed by atoms with van der Waals surface area (Å²) in [6.45, 7) is 0. The third-order valence-corrected chi connectivity index (χ3v) is 6.91. The molecule has 4 heterocycles. The highest BCUT2D eigenvalue weighted by Crippen LogP contribution is 2.34. The highest BCUT2D eigenvalue weighted by Gasteiger charge is 2.26. The van der Waals surface area contributed by atoms with Crippen molar-refractivity contribution in [3.05, 3.63) is 59.4 Å². The number of aromatic nitrogens is 7. The fourth-order valence-electron chi connectivity index (χ4n) is 5.04. The molecule has 6 rings (SSSR count). The topological polar surface area (TPSA) is 104 Å². The van der Waals surface area contributed by atoms with Crippen LogP contribution in [0.1, 0.15) is 31.7 Å². The van der Waals surface area contributed by atoms with Crippen LogP contribution in [0.25, 0.3) is 44.5 Å².